The topological polar surface area (TPSA) is 74.7 Å². The van der Waals surface area contributed by atoms with Crippen molar-refractivity contribution in [2.24, 2.45) is 0 Å². The standard InChI is InChI=1S/C10H13NO4S2/c1-11(2)17(14,15)7-4-5-9(16-3)8(6-7)10(12)13/h4-6H,1-3H3,(H,12,13). The van der Waals surface area contributed by atoms with Crippen molar-refractivity contribution in [3.63, 3.8) is 0 Å². The van der Waals surface area contributed by atoms with Crippen LogP contribution in [0.25, 0.3) is 0 Å². The molecule has 0 bridgehead atoms. The lowest BCUT2D eigenvalue weighted by Gasteiger charge is -2.12. The molecule has 0 saturated heterocycles. The van der Waals surface area contributed by atoms with E-state index >= 15 is 0 Å². The fourth-order valence-corrected chi connectivity index (χ4v) is 2.72. The van der Waals surface area contributed by atoms with Crippen LogP contribution >= 0.6 is 11.8 Å². The van der Waals surface area contributed by atoms with Crippen LogP contribution < -0.4 is 0 Å². The van der Waals surface area contributed by atoms with Crippen LogP contribution in [0.3, 0.4) is 0 Å². The first-order valence-corrected chi connectivity index (χ1v) is 7.31. The van der Waals surface area contributed by atoms with E-state index in [1.54, 1.807) is 6.26 Å². The summed E-state index contributed by atoms with van der Waals surface area (Å²) in [4.78, 5) is 11.5. The monoisotopic (exact) mass is 275 g/mol. The van der Waals surface area contributed by atoms with Gasteiger partial charge >= 0.3 is 5.97 Å². The van der Waals surface area contributed by atoms with E-state index < -0.39 is 16.0 Å². The predicted octanol–water partition coefficient (Wildman–Crippen LogP) is 1.36. The van der Waals surface area contributed by atoms with Gasteiger partial charge in [-0.25, -0.2) is 17.5 Å². The lowest BCUT2D eigenvalue weighted by atomic mass is 10.2. The quantitative estimate of drug-likeness (QED) is 0.840. The molecule has 1 aromatic rings. The molecule has 0 fully saturated rings. The lowest BCUT2D eigenvalue weighted by Crippen LogP contribution is -2.22. The van der Waals surface area contributed by atoms with Crippen LogP contribution in [0.4, 0.5) is 0 Å². The van der Waals surface area contributed by atoms with Gasteiger partial charge in [-0.1, -0.05) is 0 Å². The summed E-state index contributed by atoms with van der Waals surface area (Å²) in [6, 6.07) is 4.10. The number of hydrogen-bond donors (Lipinski definition) is 1. The molecule has 0 aliphatic heterocycles. The number of sulfonamides is 1. The smallest absolute Gasteiger partial charge is 0.336 e. The summed E-state index contributed by atoms with van der Waals surface area (Å²) in [7, 11) is -0.795. The average Bonchev–Trinajstić information content (AvgIpc) is 2.27. The van der Waals surface area contributed by atoms with Crippen molar-refractivity contribution in [2.45, 2.75) is 9.79 Å². The van der Waals surface area contributed by atoms with Gasteiger partial charge in [-0.15, -0.1) is 11.8 Å². The number of aromatic carboxylic acids is 1. The van der Waals surface area contributed by atoms with Crippen molar-refractivity contribution in [3.8, 4) is 0 Å². The van der Waals surface area contributed by atoms with Crippen molar-refractivity contribution in [1.29, 1.82) is 0 Å². The van der Waals surface area contributed by atoms with Gasteiger partial charge in [0.25, 0.3) is 0 Å². The third kappa shape index (κ3) is 2.80. The minimum atomic E-state index is -3.60. The molecule has 0 unspecified atom stereocenters. The zero-order chi connectivity index (χ0) is 13.2. The van der Waals surface area contributed by atoms with Crippen molar-refractivity contribution in [2.75, 3.05) is 20.4 Å². The molecule has 1 N–H and O–H groups in total. The number of thioether (sulfide) groups is 1. The van der Waals surface area contributed by atoms with Crippen LogP contribution in [0, 0.1) is 0 Å². The molecule has 1 rings (SSSR count). The molecule has 0 heterocycles. The molecule has 0 atom stereocenters. The molecule has 1 aromatic carbocycles. The molecule has 0 amide bonds. The molecule has 0 spiro atoms. The molecular weight excluding hydrogens is 262 g/mol. The van der Waals surface area contributed by atoms with Gasteiger partial charge in [0.2, 0.25) is 10.0 Å². The van der Waals surface area contributed by atoms with E-state index in [1.807, 2.05) is 0 Å². The predicted molar refractivity (Wildman–Crippen MR) is 66.1 cm³/mol. The molecule has 7 heteroatoms. The Labute approximate surface area is 104 Å². The van der Waals surface area contributed by atoms with E-state index in [-0.39, 0.29) is 10.5 Å². The Balaban J connectivity index is 3.41. The number of hydrogen-bond acceptors (Lipinski definition) is 4. The maximum atomic E-state index is 11.8. The highest BCUT2D eigenvalue weighted by atomic mass is 32.2. The summed E-state index contributed by atoms with van der Waals surface area (Å²) >= 11 is 1.26. The Morgan fingerprint density at radius 2 is 1.94 bits per heavy atom. The average molecular weight is 275 g/mol. The first kappa shape index (κ1) is 14.0. The molecule has 5 nitrogen and oxygen atoms in total. The Morgan fingerprint density at radius 1 is 1.35 bits per heavy atom. The van der Waals surface area contributed by atoms with Crippen LogP contribution in [0.5, 0.6) is 0 Å². The molecule has 0 radical (unpaired) electrons. The summed E-state index contributed by atoms with van der Waals surface area (Å²) < 4.78 is 24.7. The van der Waals surface area contributed by atoms with Crippen molar-refractivity contribution in [3.05, 3.63) is 23.8 Å². The summed E-state index contributed by atoms with van der Waals surface area (Å²) in [6.07, 6.45) is 1.74. The highest BCUT2D eigenvalue weighted by molar-refractivity contribution is 7.98. The normalized spacial score (nSPS) is 11.8. The van der Waals surface area contributed by atoms with Crippen molar-refractivity contribution >= 4 is 27.8 Å². The molecular formula is C10H13NO4S2. The van der Waals surface area contributed by atoms with Crippen LogP contribution in [0.1, 0.15) is 10.4 Å². The highest BCUT2D eigenvalue weighted by Crippen LogP contribution is 2.24. The van der Waals surface area contributed by atoms with Gasteiger partial charge in [-0.3, -0.25) is 0 Å². The Morgan fingerprint density at radius 3 is 2.35 bits per heavy atom. The van der Waals surface area contributed by atoms with Gasteiger partial charge in [-0.05, 0) is 24.5 Å². The Kier molecular flexibility index (Phi) is 4.18. The van der Waals surface area contributed by atoms with Gasteiger partial charge in [0, 0.05) is 19.0 Å². The van der Waals surface area contributed by atoms with E-state index in [9.17, 15) is 13.2 Å². The number of carbonyl (C=O) groups is 1. The number of rotatable bonds is 4. The van der Waals surface area contributed by atoms with E-state index in [0.717, 1.165) is 4.31 Å². The highest BCUT2D eigenvalue weighted by Gasteiger charge is 2.20. The molecule has 0 aliphatic rings. The Hall–Kier alpha value is -1.05. The zero-order valence-electron chi connectivity index (χ0n) is 9.67. The Bertz CT molecular complexity index is 537. The first-order valence-electron chi connectivity index (χ1n) is 4.64. The fourth-order valence-electron chi connectivity index (χ4n) is 1.23. The van der Waals surface area contributed by atoms with E-state index in [2.05, 4.69) is 0 Å². The number of carboxylic acids is 1. The number of carboxylic acid groups (broad SMARTS) is 1. The second-order valence-electron chi connectivity index (χ2n) is 3.45. The minimum Gasteiger partial charge on any atom is -0.478 e. The van der Waals surface area contributed by atoms with Crippen LogP contribution in [-0.4, -0.2) is 44.1 Å². The molecule has 0 saturated carbocycles. The van der Waals surface area contributed by atoms with E-state index in [1.165, 1.54) is 44.1 Å². The fraction of sp³-hybridized carbons (Fsp3) is 0.300. The van der Waals surface area contributed by atoms with E-state index in [4.69, 9.17) is 5.11 Å². The third-order valence-corrected chi connectivity index (χ3v) is 4.79. The number of benzene rings is 1. The minimum absolute atomic E-state index is 0.000394. The maximum Gasteiger partial charge on any atom is 0.336 e. The van der Waals surface area contributed by atoms with Crippen LogP contribution in [-0.2, 0) is 10.0 Å². The third-order valence-electron chi connectivity index (χ3n) is 2.18. The molecule has 17 heavy (non-hydrogen) atoms. The summed E-state index contributed by atoms with van der Waals surface area (Å²) in [5, 5.41) is 9.00. The largest absolute Gasteiger partial charge is 0.478 e. The van der Waals surface area contributed by atoms with Crippen molar-refractivity contribution < 1.29 is 18.3 Å². The van der Waals surface area contributed by atoms with Crippen LogP contribution in [0.2, 0.25) is 0 Å². The number of nitrogens with zero attached hydrogens (tertiary/aromatic N) is 1. The van der Waals surface area contributed by atoms with Gasteiger partial charge in [0.1, 0.15) is 0 Å². The van der Waals surface area contributed by atoms with Crippen LogP contribution in [0.15, 0.2) is 28.0 Å². The second-order valence-corrected chi connectivity index (χ2v) is 6.45. The molecule has 0 aliphatic carbocycles. The van der Waals surface area contributed by atoms with Gasteiger partial charge < -0.3 is 5.11 Å². The molecule has 0 aromatic heterocycles. The summed E-state index contributed by atoms with van der Waals surface area (Å²) in [5.41, 5.74) is 0.000394. The zero-order valence-corrected chi connectivity index (χ0v) is 11.3. The summed E-state index contributed by atoms with van der Waals surface area (Å²) in [5.74, 6) is -1.13. The summed E-state index contributed by atoms with van der Waals surface area (Å²) in [6.45, 7) is 0. The first-order chi connectivity index (χ1) is 7.80. The van der Waals surface area contributed by atoms with Gasteiger partial charge in [0.05, 0.1) is 10.5 Å². The van der Waals surface area contributed by atoms with Crippen molar-refractivity contribution in [1.82, 2.24) is 4.31 Å². The molecule has 94 valence electrons. The van der Waals surface area contributed by atoms with Gasteiger partial charge in [0.15, 0.2) is 0 Å². The SMILES string of the molecule is CSc1ccc(S(=O)(=O)N(C)C)cc1C(=O)O. The maximum absolute atomic E-state index is 11.8. The second kappa shape index (κ2) is 5.07. The lowest BCUT2D eigenvalue weighted by molar-refractivity contribution is 0.0693. The van der Waals surface area contributed by atoms with Gasteiger partial charge in [-0.2, -0.15) is 0 Å². The van der Waals surface area contributed by atoms with E-state index in [0.29, 0.717) is 4.90 Å².